The standard InChI is InChI=1S/C15H10ClFO/c16-15(11-6-2-1-3-7-11)13(10-18)12-8-4-5-9-14(12)17/h1-10H/b15-13-. The zero-order valence-corrected chi connectivity index (χ0v) is 10.2. The van der Waals surface area contributed by atoms with Crippen molar-refractivity contribution in [2.75, 3.05) is 0 Å². The normalized spacial score (nSPS) is 11.9. The summed E-state index contributed by atoms with van der Waals surface area (Å²) in [5.41, 5.74) is 1.05. The van der Waals surface area contributed by atoms with Crippen molar-refractivity contribution < 1.29 is 9.18 Å². The van der Waals surface area contributed by atoms with Gasteiger partial charge in [-0.1, -0.05) is 60.1 Å². The molecule has 2 aromatic carbocycles. The van der Waals surface area contributed by atoms with Gasteiger partial charge in [0.1, 0.15) is 5.82 Å². The third kappa shape index (κ3) is 2.49. The van der Waals surface area contributed by atoms with Crippen molar-refractivity contribution in [2.45, 2.75) is 0 Å². The van der Waals surface area contributed by atoms with Crippen molar-refractivity contribution in [1.82, 2.24) is 0 Å². The number of halogens is 2. The quantitative estimate of drug-likeness (QED) is 0.461. The fraction of sp³-hybridized carbons (Fsp3) is 0. The lowest BCUT2D eigenvalue weighted by Crippen LogP contribution is -1.93. The first-order chi connectivity index (χ1) is 8.74. The third-order valence-electron chi connectivity index (χ3n) is 2.55. The van der Waals surface area contributed by atoms with Crippen LogP contribution < -0.4 is 0 Å². The van der Waals surface area contributed by atoms with Gasteiger partial charge in [0.05, 0.1) is 5.03 Å². The van der Waals surface area contributed by atoms with E-state index in [4.69, 9.17) is 11.6 Å². The van der Waals surface area contributed by atoms with Gasteiger partial charge in [-0.3, -0.25) is 4.79 Å². The van der Waals surface area contributed by atoms with E-state index in [1.54, 1.807) is 24.3 Å². The molecule has 1 nitrogen and oxygen atoms in total. The summed E-state index contributed by atoms with van der Waals surface area (Å²) in [6, 6.07) is 15.1. The molecule has 0 saturated heterocycles. The number of carbonyl (C=O) groups is 1. The van der Waals surface area contributed by atoms with Crippen molar-refractivity contribution in [3.8, 4) is 0 Å². The van der Waals surface area contributed by atoms with Crippen LogP contribution in [0.25, 0.3) is 10.6 Å². The second-order valence-electron chi connectivity index (χ2n) is 3.69. The van der Waals surface area contributed by atoms with E-state index in [2.05, 4.69) is 0 Å². The summed E-state index contributed by atoms with van der Waals surface area (Å²) >= 11 is 6.16. The van der Waals surface area contributed by atoms with Gasteiger partial charge in [-0.2, -0.15) is 0 Å². The third-order valence-corrected chi connectivity index (χ3v) is 2.97. The highest BCUT2D eigenvalue weighted by atomic mass is 35.5. The summed E-state index contributed by atoms with van der Waals surface area (Å²) in [5, 5.41) is 0.246. The van der Waals surface area contributed by atoms with Gasteiger partial charge >= 0.3 is 0 Å². The molecule has 0 radical (unpaired) electrons. The van der Waals surface area contributed by atoms with Gasteiger partial charge in [0.15, 0.2) is 6.29 Å². The number of hydrogen-bond acceptors (Lipinski definition) is 1. The van der Waals surface area contributed by atoms with Crippen LogP contribution in [0.4, 0.5) is 4.39 Å². The molecule has 3 heteroatoms. The van der Waals surface area contributed by atoms with E-state index in [-0.39, 0.29) is 16.2 Å². The largest absolute Gasteiger partial charge is 0.298 e. The Morgan fingerprint density at radius 3 is 2.22 bits per heavy atom. The molecule has 0 atom stereocenters. The van der Waals surface area contributed by atoms with E-state index in [1.165, 1.54) is 12.1 Å². The van der Waals surface area contributed by atoms with Crippen LogP contribution in [0.3, 0.4) is 0 Å². The molecular formula is C15H10ClFO. The molecule has 0 spiro atoms. The highest BCUT2D eigenvalue weighted by Gasteiger charge is 2.12. The van der Waals surface area contributed by atoms with E-state index >= 15 is 0 Å². The lowest BCUT2D eigenvalue weighted by molar-refractivity contribution is -0.103. The number of aldehydes is 1. The molecule has 0 saturated carbocycles. The maximum atomic E-state index is 13.7. The Bertz CT molecular complexity index is 590. The van der Waals surface area contributed by atoms with Crippen molar-refractivity contribution in [3.63, 3.8) is 0 Å². The minimum Gasteiger partial charge on any atom is -0.298 e. The molecule has 18 heavy (non-hydrogen) atoms. The first-order valence-corrected chi connectivity index (χ1v) is 5.77. The van der Waals surface area contributed by atoms with Crippen LogP contribution in [0.1, 0.15) is 11.1 Å². The molecule has 0 aliphatic rings. The van der Waals surface area contributed by atoms with E-state index < -0.39 is 5.82 Å². The lowest BCUT2D eigenvalue weighted by Gasteiger charge is -2.06. The molecule has 0 fully saturated rings. The number of hydrogen-bond donors (Lipinski definition) is 0. The molecule has 0 N–H and O–H groups in total. The van der Waals surface area contributed by atoms with Crippen LogP contribution in [-0.4, -0.2) is 6.29 Å². The fourth-order valence-corrected chi connectivity index (χ4v) is 1.93. The predicted molar refractivity (Wildman–Crippen MR) is 71.6 cm³/mol. The smallest absolute Gasteiger partial charge is 0.152 e. The average Bonchev–Trinajstić information content (AvgIpc) is 2.42. The molecule has 2 aromatic rings. The second-order valence-corrected chi connectivity index (χ2v) is 4.07. The number of carbonyl (C=O) groups excluding carboxylic acids is 1. The summed E-state index contributed by atoms with van der Waals surface area (Å²) in [7, 11) is 0. The molecular weight excluding hydrogens is 251 g/mol. The van der Waals surface area contributed by atoms with Crippen LogP contribution in [0.2, 0.25) is 0 Å². The van der Waals surface area contributed by atoms with Gasteiger partial charge in [0, 0.05) is 11.1 Å². The highest BCUT2D eigenvalue weighted by Crippen LogP contribution is 2.29. The molecule has 0 aliphatic heterocycles. The molecule has 2 rings (SSSR count). The Labute approximate surface area is 110 Å². The van der Waals surface area contributed by atoms with Gasteiger partial charge in [0.2, 0.25) is 0 Å². The van der Waals surface area contributed by atoms with Gasteiger partial charge in [0.25, 0.3) is 0 Å². The first kappa shape index (κ1) is 12.5. The van der Waals surface area contributed by atoms with Crippen molar-refractivity contribution in [3.05, 3.63) is 71.5 Å². The van der Waals surface area contributed by atoms with Crippen molar-refractivity contribution in [2.24, 2.45) is 0 Å². The Kier molecular flexibility index (Phi) is 3.90. The Balaban J connectivity index is 2.58. The van der Waals surface area contributed by atoms with E-state index in [1.807, 2.05) is 18.2 Å². The van der Waals surface area contributed by atoms with Gasteiger partial charge in [-0.05, 0) is 11.6 Å². The van der Waals surface area contributed by atoms with Crippen LogP contribution in [0.15, 0.2) is 54.6 Å². The molecule has 0 unspecified atom stereocenters. The predicted octanol–water partition coefficient (Wildman–Crippen LogP) is 4.13. The number of allylic oxidation sites excluding steroid dienone is 1. The van der Waals surface area contributed by atoms with Crippen molar-refractivity contribution >= 4 is 28.5 Å². The Morgan fingerprint density at radius 2 is 1.61 bits per heavy atom. The minimum absolute atomic E-state index is 0.154. The van der Waals surface area contributed by atoms with Gasteiger partial charge in [-0.15, -0.1) is 0 Å². The van der Waals surface area contributed by atoms with E-state index in [0.717, 1.165) is 0 Å². The summed E-state index contributed by atoms with van der Waals surface area (Å²) in [4.78, 5) is 11.2. The summed E-state index contributed by atoms with van der Waals surface area (Å²) in [6.07, 6.45) is 0.577. The zero-order chi connectivity index (χ0) is 13.0. The van der Waals surface area contributed by atoms with Crippen molar-refractivity contribution in [1.29, 1.82) is 0 Å². The fourth-order valence-electron chi connectivity index (χ4n) is 1.65. The molecule has 0 aliphatic carbocycles. The summed E-state index contributed by atoms with van der Waals surface area (Å²) < 4.78 is 13.7. The van der Waals surface area contributed by atoms with Crippen LogP contribution in [-0.2, 0) is 4.79 Å². The Hall–Kier alpha value is -1.93. The Morgan fingerprint density at radius 1 is 1.00 bits per heavy atom. The molecule has 0 aromatic heterocycles. The minimum atomic E-state index is -0.464. The maximum absolute atomic E-state index is 13.7. The number of benzene rings is 2. The SMILES string of the molecule is O=C/C(=C(/Cl)c1ccccc1)c1ccccc1F. The second kappa shape index (κ2) is 5.61. The molecule has 0 amide bonds. The van der Waals surface area contributed by atoms with Crippen LogP contribution in [0, 0.1) is 5.82 Å². The average molecular weight is 261 g/mol. The van der Waals surface area contributed by atoms with Gasteiger partial charge < -0.3 is 0 Å². The maximum Gasteiger partial charge on any atom is 0.152 e. The number of rotatable bonds is 3. The van der Waals surface area contributed by atoms with Gasteiger partial charge in [-0.25, -0.2) is 4.39 Å². The summed E-state index contributed by atoms with van der Waals surface area (Å²) in [6.45, 7) is 0. The zero-order valence-electron chi connectivity index (χ0n) is 9.44. The molecule has 90 valence electrons. The van der Waals surface area contributed by atoms with Crippen LogP contribution >= 0.6 is 11.6 Å². The molecule has 0 heterocycles. The van der Waals surface area contributed by atoms with Crippen LogP contribution in [0.5, 0.6) is 0 Å². The topological polar surface area (TPSA) is 17.1 Å². The highest BCUT2D eigenvalue weighted by molar-refractivity contribution is 6.55. The first-order valence-electron chi connectivity index (χ1n) is 5.39. The monoisotopic (exact) mass is 260 g/mol. The molecule has 0 bridgehead atoms. The van der Waals surface area contributed by atoms with E-state index in [0.29, 0.717) is 11.8 Å². The lowest BCUT2D eigenvalue weighted by atomic mass is 10.0. The van der Waals surface area contributed by atoms with E-state index in [9.17, 15) is 9.18 Å². The summed E-state index contributed by atoms with van der Waals surface area (Å²) in [5.74, 6) is -0.464.